The number of aromatic nitrogens is 5. The van der Waals surface area contributed by atoms with Crippen LogP contribution in [0.2, 0.25) is 0 Å². The van der Waals surface area contributed by atoms with E-state index in [2.05, 4.69) is 54.6 Å². The molecule has 4 aromatic rings. The van der Waals surface area contributed by atoms with Crippen LogP contribution < -0.4 is 16.2 Å². The second-order valence-corrected chi connectivity index (χ2v) is 11.4. The third kappa shape index (κ3) is 3.71. The van der Waals surface area contributed by atoms with Crippen molar-refractivity contribution in [3.8, 4) is 5.82 Å². The summed E-state index contributed by atoms with van der Waals surface area (Å²) in [5.74, 6) is 1.13. The number of hydrogen-bond donors (Lipinski definition) is 2. The van der Waals surface area contributed by atoms with Gasteiger partial charge in [0.1, 0.15) is 5.39 Å². The zero-order chi connectivity index (χ0) is 25.2. The fourth-order valence-corrected chi connectivity index (χ4v) is 5.28. The predicted molar refractivity (Wildman–Crippen MR) is 142 cm³/mol. The second kappa shape index (κ2) is 8.00. The zero-order valence-corrected chi connectivity index (χ0v) is 21.6. The molecule has 3 aromatic heterocycles. The van der Waals surface area contributed by atoms with Gasteiger partial charge in [-0.3, -0.25) is 4.79 Å². The minimum absolute atomic E-state index is 0.0767. The molecule has 0 radical (unpaired) electrons. The molecule has 8 nitrogen and oxygen atoms in total. The topological polar surface area (TPSA) is 89.7 Å². The summed E-state index contributed by atoms with van der Waals surface area (Å²) in [6.45, 7) is 11.4. The summed E-state index contributed by atoms with van der Waals surface area (Å²) in [6, 6.07) is 12.4. The third-order valence-electron chi connectivity index (χ3n) is 7.32. The van der Waals surface area contributed by atoms with Gasteiger partial charge in [-0.25, -0.2) is 19.3 Å². The highest BCUT2D eigenvalue weighted by molar-refractivity contribution is 5.77. The lowest BCUT2D eigenvalue weighted by Crippen LogP contribution is -2.36. The zero-order valence-electron chi connectivity index (χ0n) is 21.6. The van der Waals surface area contributed by atoms with Gasteiger partial charge in [-0.15, -0.1) is 0 Å². The van der Waals surface area contributed by atoms with Crippen molar-refractivity contribution >= 4 is 22.7 Å². The molecule has 2 aliphatic rings. The SMILES string of the molecule is CC(C)n1c(=O)c2cnc(Nc3ccc4c(c3)CCNC43CC3)nc2n1-c1cccc(C(C)(C)C)n1. The van der Waals surface area contributed by atoms with Crippen molar-refractivity contribution in [1.82, 2.24) is 29.6 Å². The van der Waals surface area contributed by atoms with Gasteiger partial charge in [-0.05, 0) is 68.5 Å². The molecule has 0 amide bonds. The molecule has 6 rings (SSSR count). The lowest BCUT2D eigenvalue weighted by molar-refractivity contribution is 0.469. The van der Waals surface area contributed by atoms with E-state index in [1.165, 1.54) is 24.0 Å². The van der Waals surface area contributed by atoms with Crippen LogP contribution in [-0.2, 0) is 17.4 Å². The summed E-state index contributed by atoms with van der Waals surface area (Å²) < 4.78 is 3.54. The average Bonchev–Trinajstić information content (AvgIpc) is 3.54. The van der Waals surface area contributed by atoms with Crippen molar-refractivity contribution in [2.24, 2.45) is 0 Å². The van der Waals surface area contributed by atoms with Gasteiger partial charge in [0.2, 0.25) is 5.95 Å². The second-order valence-electron chi connectivity index (χ2n) is 11.4. The predicted octanol–water partition coefficient (Wildman–Crippen LogP) is 4.73. The van der Waals surface area contributed by atoms with Gasteiger partial charge in [0.05, 0.1) is 0 Å². The van der Waals surface area contributed by atoms with E-state index in [4.69, 9.17) is 9.97 Å². The molecule has 36 heavy (non-hydrogen) atoms. The Bertz CT molecular complexity index is 1540. The van der Waals surface area contributed by atoms with Crippen LogP contribution in [0, 0.1) is 0 Å². The van der Waals surface area contributed by atoms with E-state index in [0.29, 0.717) is 22.8 Å². The van der Waals surface area contributed by atoms with Crippen molar-refractivity contribution in [2.75, 3.05) is 11.9 Å². The first-order valence-electron chi connectivity index (χ1n) is 12.8. The van der Waals surface area contributed by atoms with Crippen LogP contribution in [0.1, 0.15) is 70.3 Å². The molecule has 1 aromatic carbocycles. The monoisotopic (exact) mass is 483 g/mol. The Morgan fingerprint density at radius 3 is 2.64 bits per heavy atom. The average molecular weight is 484 g/mol. The number of hydrogen-bond acceptors (Lipinski definition) is 6. The number of nitrogens with zero attached hydrogens (tertiary/aromatic N) is 5. The summed E-state index contributed by atoms with van der Waals surface area (Å²) in [6.07, 6.45) is 5.05. The highest BCUT2D eigenvalue weighted by Gasteiger charge is 2.46. The van der Waals surface area contributed by atoms with Gasteiger partial charge in [-0.1, -0.05) is 32.9 Å². The van der Waals surface area contributed by atoms with Crippen LogP contribution in [0.5, 0.6) is 0 Å². The standard InChI is InChI=1S/C28H33N7O/c1-17(2)34-25(36)20-16-29-26(31-19-9-10-21-18(15-19)11-14-30-28(21)12-13-28)33-24(20)35(34)23-8-6-7-22(32-23)27(3,4)5/h6-10,15-17,30H,11-14H2,1-5H3,(H,29,31,33). The molecule has 1 fully saturated rings. The van der Waals surface area contributed by atoms with Gasteiger partial charge in [-0.2, -0.15) is 4.98 Å². The Morgan fingerprint density at radius 2 is 1.92 bits per heavy atom. The van der Waals surface area contributed by atoms with E-state index in [1.54, 1.807) is 10.9 Å². The Morgan fingerprint density at radius 1 is 1.11 bits per heavy atom. The number of pyridine rings is 1. The summed E-state index contributed by atoms with van der Waals surface area (Å²) in [7, 11) is 0. The first kappa shape index (κ1) is 22.9. The third-order valence-corrected chi connectivity index (χ3v) is 7.32. The van der Waals surface area contributed by atoms with Crippen LogP contribution in [-0.4, -0.2) is 30.9 Å². The Kier molecular flexibility index (Phi) is 5.09. The summed E-state index contributed by atoms with van der Waals surface area (Å²) in [5, 5.41) is 7.54. The van der Waals surface area contributed by atoms with Gasteiger partial charge >= 0.3 is 0 Å². The maximum atomic E-state index is 13.4. The molecule has 0 bridgehead atoms. The van der Waals surface area contributed by atoms with Crippen molar-refractivity contribution in [3.63, 3.8) is 0 Å². The van der Waals surface area contributed by atoms with E-state index in [9.17, 15) is 4.79 Å². The highest BCUT2D eigenvalue weighted by Crippen LogP contribution is 2.48. The molecule has 1 spiro atoms. The minimum atomic E-state index is -0.120. The maximum Gasteiger partial charge on any atom is 0.278 e. The molecule has 186 valence electrons. The van der Waals surface area contributed by atoms with Crippen molar-refractivity contribution < 1.29 is 0 Å². The molecule has 0 atom stereocenters. The minimum Gasteiger partial charge on any atom is -0.324 e. The molecular formula is C28H33N7O. The van der Waals surface area contributed by atoms with Crippen LogP contribution in [0.25, 0.3) is 16.9 Å². The van der Waals surface area contributed by atoms with Crippen molar-refractivity contribution in [2.45, 2.75) is 70.9 Å². The number of rotatable bonds is 4. The largest absolute Gasteiger partial charge is 0.324 e. The lowest BCUT2D eigenvalue weighted by Gasteiger charge is -2.27. The summed E-state index contributed by atoms with van der Waals surface area (Å²) in [5.41, 5.74) is 5.21. The van der Waals surface area contributed by atoms with E-state index in [1.807, 2.05) is 36.7 Å². The molecule has 0 unspecified atom stereocenters. The van der Waals surface area contributed by atoms with Crippen molar-refractivity contribution in [3.05, 3.63) is 69.8 Å². The Hall–Kier alpha value is -3.52. The van der Waals surface area contributed by atoms with Crippen LogP contribution in [0.15, 0.2) is 47.4 Å². The van der Waals surface area contributed by atoms with Crippen LogP contribution >= 0.6 is 0 Å². The van der Waals surface area contributed by atoms with E-state index in [0.717, 1.165) is 24.3 Å². The molecular weight excluding hydrogens is 450 g/mol. The first-order valence-corrected chi connectivity index (χ1v) is 12.8. The fraction of sp³-hybridized carbons (Fsp3) is 0.429. The molecule has 4 heterocycles. The van der Waals surface area contributed by atoms with Gasteiger partial charge in [0, 0.05) is 41.1 Å². The molecule has 0 saturated heterocycles. The first-order chi connectivity index (χ1) is 17.2. The normalized spacial score (nSPS) is 16.5. The Labute approximate surface area is 210 Å². The quantitative estimate of drug-likeness (QED) is 0.436. The number of nitrogens with one attached hydrogen (secondary N) is 2. The Balaban J connectivity index is 1.44. The molecule has 8 heteroatoms. The fourth-order valence-electron chi connectivity index (χ4n) is 5.28. The molecule has 1 aliphatic carbocycles. The lowest BCUT2D eigenvalue weighted by atomic mass is 9.92. The molecule has 2 N–H and O–H groups in total. The van der Waals surface area contributed by atoms with E-state index in [-0.39, 0.29) is 22.6 Å². The highest BCUT2D eigenvalue weighted by atomic mass is 16.1. The number of benzene rings is 1. The van der Waals surface area contributed by atoms with Crippen LogP contribution in [0.3, 0.4) is 0 Å². The molecule has 1 saturated carbocycles. The number of fused-ring (bicyclic) bond motifs is 3. The number of anilines is 2. The van der Waals surface area contributed by atoms with Gasteiger partial charge < -0.3 is 10.6 Å². The van der Waals surface area contributed by atoms with E-state index < -0.39 is 0 Å². The summed E-state index contributed by atoms with van der Waals surface area (Å²) >= 11 is 0. The smallest absolute Gasteiger partial charge is 0.278 e. The van der Waals surface area contributed by atoms with Crippen molar-refractivity contribution in [1.29, 1.82) is 0 Å². The van der Waals surface area contributed by atoms with E-state index >= 15 is 0 Å². The van der Waals surface area contributed by atoms with Gasteiger partial charge in [0.15, 0.2) is 11.5 Å². The summed E-state index contributed by atoms with van der Waals surface area (Å²) in [4.78, 5) is 27.6. The maximum absolute atomic E-state index is 13.4. The van der Waals surface area contributed by atoms with Crippen LogP contribution in [0.4, 0.5) is 11.6 Å². The molecule has 1 aliphatic heterocycles. The van der Waals surface area contributed by atoms with Gasteiger partial charge in [0.25, 0.3) is 5.56 Å².